The standard InChI is InChI=1S/C23H25N5O3S/c1-15-12-16(2)28(26-15)21-7-8-22(25-24-21)32-14-23(29)27-9-3-4-18(27)17-5-6-19-20(13-17)31-11-10-30-19/h5-8,12-13,18H,3-4,9-11,14H2,1-2H3/t18-/m1/s1. The van der Waals surface area contributed by atoms with E-state index >= 15 is 0 Å². The lowest BCUT2D eigenvalue weighted by Gasteiger charge is -2.26. The van der Waals surface area contributed by atoms with Crippen LogP contribution in [0.5, 0.6) is 11.5 Å². The highest BCUT2D eigenvalue weighted by Gasteiger charge is 2.30. The van der Waals surface area contributed by atoms with Crippen LogP contribution in [-0.4, -0.2) is 56.3 Å². The van der Waals surface area contributed by atoms with Gasteiger partial charge >= 0.3 is 0 Å². The highest BCUT2D eigenvalue weighted by atomic mass is 32.2. The van der Waals surface area contributed by atoms with E-state index in [0.29, 0.717) is 24.8 Å². The second-order valence-corrected chi connectivity index (χ2v) is 9.00. The molecule has 0 unspecified atom stereocenters. The molecule has 0 bridgehead atoms. The molecule has 32 heavy (non-hydrogen) atoms. The molecule has 1 atom stereocenters. The summed E-state index contributed by atoms with van der Waals surface area (Å²) in [4.78, 5) is 15.0. The van der Waals surface area contributed by atoms with Crippen LogP contribution < -0.4 is 9.47 Å². The smallest absolute Gasteiger partial charge is 0.233 e. The number of carbonyl (C=O) groups is 1. The van der Waals surface area contributed by atoms with E-state index in [1.165, 1.54) is 11.8 Å². The summed E-state index contributed by atoms with van der Waals surface area (Å²) in [5.41, 5.74) is 3.04. The van der Waals surface area contributed by atoms with Crippen LogP contribution >= 0.6 is 11.8 Å². The highest BCUT2D eigenvalue weighted by molar-refractivity contribution is 7.99. The molecule has 166 valence electrons. The van der Waals surface area contributed by atoms with Gasteiger partial charge in [0.25, 0.3) is 0 Å². The van der Waals surface area contributed by atoms with Crippen molar-refractivity contribution in [1.82, 2.24) is 24.9 Å². The largest absolute Gasteiger partial charge is 0.486 e. The summed E-state index contributed by atoms with van der Waals surface area (Å²) in [6.07, 6.45) is 1.94. The summed E-state index contributed by atoms with van der Waals surface area (Å²) in [5.74, 6) is 2.64. The van der Waals surface area contributed by atoms with Gasteiger partial charge in [-0.3, -0.25) is 4.79 Å². The summed E-state index contributed by atoms with van der Waals surface area (Å²) in [7, 11) is 0. The zero-order valence-corrected chi connectivity index (χ0v) is 19.0. The monoisotopic (exact) mass is 451 g/mol. The first kappa shape index (κ1) is 20.8. The Labute approximate surface area is 190 Å². The maximum Gasteiger partial charge on any atom is 0.233 e. The van der Waals surface area contributed by atoms with E-state index in [-0.39, 0.29) is 11.9 Å². The molecule has 0 saturated carbocycles. The van der Waals surface area contributed by atoms with Gasteiger partial charge in [-0.05, 0) is 62.6 Å². The third-order valence-corrected chi connectivity index (χ3v) is 6.63. The number of ether oxygens (including phenoxy) is 2. The Balaban J connectivity index is 1.23. The normalized spacial score (nSPS) is 17.6. The minimum absolute atomic E-state index is 0.0680. The summed E-state index contributed by atoms with van der Waals surface area (Å²) >= 11 is 1.41. The molecule has 1 saturated heterocycles. The van der Waals surface area contributed by atoms with Gasteiger partial charge in [0.1, 0.15) is 18.2 Å². The Morgan fingerprint density at radius 1 is 1.09 bits per heavy atom. The van der Waals surface area contributed by atoms with E-state index in [9.17, 15) is 4.79 Å². The summed E-state index contributed by atoms with van der Waals surface area (Å²) in [5, 5.41) is 13.7. The van der Waals surface area contributed by atoms with Crippen LogP contribution in [0.4, 0.5) is 0 Å². The first-order valence-electron chi connectivity index (χ1n) is 10.8. The molecular formula is C23H25N5O3S. The van der Waals surface area contributed by atoms with Gasteiger partial charge in [0.05, 0.1) is 17.5 Å². The highest BCUT2D eigenvalue weighted by Crippen LogP contribution is 2.38. The number of fused-ring (bicyclic) bond motifs is 1. The number of likely N-dealkylation sites (tertiary alicyclic amines) is 1. The fraction of sp³-hybridized carbons (Fsp3) is 0.391. The van der Waals surface area contributed by atoms with Crippen molar-refractivity contribution in [2.75, 3.05) is 25.5 Å². The molecule has 5 rings (SSSR count). The lowest BCUT2D eigenvalue weighted by Crippen LogP contribution is -2.32. The Hall–Kier alpha value is -3.07. The summed E-state index contributed by atoms with van der Waals surface area (Å²) < 4.78 is 13.1. The van der Waals surface area contributed by atoms with Crippen molar-refractivity contribution < 1.29 is 14.3 Å². The van der Waals surface area contributed by atoms with Crippen molar-refractivity contribution in [3.05, 3.63) is 53.3 Å². The van der Waals surface area contributed by atoms with Gasteiger partial charge in [-0.15, -0.1) is 10.2 Å². The molecule has 4 heterocycles. The third kappa shape index (κ3) is 4.17. The number of benzene rings is 1. The summed E-state index contributed by atoms with van der Waals surface area (Å²) in [6.45, 7) is 5.82. The molecule has 0 N–H and O–H groups in total. The van der Waals surface area contributed by atoms with Crippen molar-refractivity contribution >= 4 is 17.7 Å². The van der Waals surface area contributed by atoms with E-state index in [0.717, 1.165) is 52.9 Å². The quantitative estimate of drug-likeness (QED) is 0.549. The van der Waals surface area contributed by atoms with E-state index in [1.807, 2.05) is 55.1 Å². The number of nitrogens with zero attached hydrogens (tertiary/aromatic N) is 5. The maximum absolute atomic E-state index is 13.0. The minimum Gasteiger partial charge on any atom is -0.486 e. The molecule has 1 aromatic carbocycles. The van der Waals surface area contributed by atoms with Crippen LogP contribution in [-0.2, 0) is 4.79 Å². The number of rotatable bonds is 5. The van der Waals surface area contributed by atoms with E-state index in [4.69, 9.17) is 9.47 Å². The molecule has 3 aromatic rings. The van der Waals surface area contributed by atoms with E-state index < -0.39 is 0 Å². The van der Waals surface area contributed by atoms with Gasteiger partial charge in [-0.1, -0.05) is 17.8 Å². The number of thioether (sulfide) groups is 1. The first-order valence-corrected chi connectivity index (χ1v) is 11.8. The fourth-order valence-electron chi connectivity index (χ4n) is 4.26. The predicted octanol–water partition coefficient (Wildman–Crippen LogP) is 3.51. The molecule has 2 aliphatic heterocycles. The Morgan fingerprint density at radius 2 is 1.94 bits per heavy atom. The number of hydrogen-bond donors (Lipinski definition) is 0. The number of amides is 1. The topological polar surface area (TPSA) is 82.4 Å². The molecule has 0 aliphatic carbocycles. The van der Waals surface area contributed by atoms with Gasteiger partial charge in [0, 0.05) is 12.2 Å². The van der Waals surface area contributed by atoms with Gasteiger partial charge in [0.15, 0.2) is 17.3 Å². The molecule has 0 radical (unpaired) electrons. The van der Waals surface area contributed by atoms with Crippen molar-refractivity contribution in [3.8, 4) is 17.3 Å². The molecule has 9 heteroatoms. The Morgan fingerprint density at radius 3 is 2.69 bits per heavy atom. The van der Waals surface area contributed by atoms with Crippen LogP contribution in [0.2, 0.25) is 0 Å². The SMILES string of the molecule is Cc1cc(C)n(-c2ccc(SCC(=O)N3CCC[C@@H]3c3ccc4c(c3)OCCO4)nn2)n1. The van der Waals surface area contributed by atoms with E-state index in [1.54, 1.807) is 4.68 Å². The minimum atomic E-state index is 0.0680. The molecule has 2 aliphatic rings. The zero-order valence-electron chi connectivity index (χ0n) is 18.2. The average Bonchev–Trinajstić information content (AvgIpc) is 3.44. The van der Waals surface area contributed by atoms with Crippen LogP contribution in [0.15, 0.2) is 41.4 Å². The maximum atomic E-state index is 13.0. The summed E-state index contributed by atoms with van der Waals surface area (Å²) in [6, 6.07) is 11.8. The number of aryl methyl sites for hydroxylation is 2. The predicted molar refractivity (Wildman–Crippen MR) is 120 cm³/mol. The third-order valence-electron chi connectivity index (χ3n) is 5.72. The zero-order chi connectivity index (χ0) is 22.1. The second kappa shape index (κ2) is 8.82. The van der Waals surface area contributed by atoms with Crippen molar-refractivity contribution in [1.29, 1.82) is 0 Å². The van der Waals surface area contributed by atoms with Gasteiger partial charge in [-0.25, -0.2) is 4.68 Å². The van der Waals surface area contributed by atoms with Crippen molar-refractivity contribution in [2.45, 2.75) is 37.8 Å². The van der Waals surface area contributed by atoms with Crippen LogP contribution in [0, 0.1) is 13.8 Å². The molecule has 1 fully saturated rings. The average molecular weight is 452 g/mol. The molecule has 8 nitrogen and oxygen atoms in total. The lowest BCUT2D eigenvalue weighted by molar-refractivity contribution is -0.129. The van der Waals surface area contributed by atoms with Gasteiger partial charge in [-0.2, -0.15) is 5.10 Å². The number of carbonyl (C=O) groups excluding carboxylic acids is 1. The molecule has 1 amide bonds. The molecule has 0 spiro atoms. The van der Waals surface area contributed by atoms with Crippen LogP contribution in [0.1, 0.15) is 35.8 Å². The number of hydrogen-bond acceptors (Lipinski definition) is 7. The van der Waals surface area contributed by atoms with Crippen LogP contribution in [0.25, 0.3) is 5.82 Å². The fourth-order valence-corrected chi connectivity index (χ4v) is 4.96. The van der Waals surface area contributed by atoms with Gasteiger partial charge < -0.3 is 14.4 Å². The van der Waals surface area contributed by atoms with Crippen molar-refractivity contribution in [3.63, 3.8) is 0 Å². The Bertz CT molecular complexity index is 1130. The van der Waals surface area contributed by atoms with E-state index in [2.05, 4.69) is 15.3 Å². The van der Waals surface area contributed by atoms with Gasteiger partial charge in [0.2, 0.25) is 5.91 Å². The van der Waals surface area contributed by atoms with Crippen LogP contribution in [0.3, 0.4) is 0 Å². The molecule has 2 aromatic heterocycles. The first-order chi connectivity index (χ1) is 15.6. The second-order valence-electron chi connectivity index (χ2n) is 8.01. The molecular weight excluding hydrogens is 426 g/mol. The Kier molecular flexibility index (Phi) is 5.73. The lowest BCUT2D eigenvalue weighted by atomic mass is 10.0. The number of aromatic nitrogens is 4. The van der Waals surface area contributed by atoms with Crippen molar-refractivity contribution in [2.24, 2.45) is 0 Å².